The summed E-state index contributed by atoms with van der Waals surface area (Å²) < 4.78 is 3.10. The van der Waals surface area contributed by atoms with E-state index in [0.29, 0.717) is 10.6 Å². The molecule has 5 nitrogen and oxygen atoms in total. The summed E-state index contributed by atoms with van der Waals surface area (Å²) in [6, 6.07) is 0. The van der Waals surface area contributed by atoms with E-state index in [4.69, 9.17) is 39.5 Å². The number of hydrogen-bond acceptors (Lipinski definition) is 5. The van der Waals surface area contributed by atoms with Crippen LogP contribution >= 0.6 is 46.1 Å². The van der Waals surface area contributed by atoms with Crippen molar-refractivity contribution in [1.29, 1.82) is 0 Å². The summed E-state index contributed by atoms with van der Waals surface area (Å²) in [5.74, 6) is -0.700. The Balaban J connectivity index is 2.33. The first-order chi connectivity index (χ1) is 10.8. The average molecular weight is 400 g/mol. The summed E-state index contributed by atoms with van der Waals surface area (Å²) >= 11 is 19.3. The molecule has 128 valence electrons. The van der Waals surface area contributed by atoms with Gasteiger partial charge in [-0.1, -0.05) is 41.7 Å². The molecule has 0 bridgehead atoms. The molecule has 1 aliphatic carbocycles. The van der Waals surface area contributed by atoms with Gasteiger partial charge in [0.1, 0.15) is 11.2 Å². The molecule has 0 aromatic carbocycles. The first kappa shape index (κ1) is 18.6. The molecule has 0 spiro atoms. The number of halogens is 3. The largest absolute Gasteiger partial charge is 0.465 e. The van der Waals surface area contributed by atoms with Crippen LogP contribution in [0.25, 0.3) is 0 Å². The molecule has 23 heavy (non-hydrogen) atoms. The molecule has 0 radical (unpaired) electrons. The number of alkyl halides is 3. The van der Waals surface area contributed by atoms with Gasteiger partial charge in [0.15, 0.2) is 0 Å². The van der Waals surface area contributed by atoms with Crippen LogP contribution in [0.5, 0.6) is 0 Å². The van der Waals surface area contributed by atoms with E-state index in [2.05, 4.69) is 10.6 Å². The fraction of sp³-hybridized carbons (Fsp3) is 0.571. The van der Waals surface area contributed by atoms with Gasteiger partial charge < -0.3 is 15.4 Å². The lowest BCUT2D eigenvalue weighted by Crippen LogP contribution is -2.49. The molecule has 1 amide bonds. The zero-order valence-corrected chi connectivity index (χ0v) is 15.8. The lowest BCUT2D eigenvalue weighted by atomic mass is 10.1. The molecule has 0 saturated heterocycles. The Morgan fingerprint density at radius 3 is 2.61 bits per heavy atom. The van der Waals surface area contributed by atoms with Gasteiger partial charge in [-0.05, 0) is 24.8 Å². The van der Waals surface area contributed by atoms with Crippen molar-refractivity contribution in [2.45, 2.75) is 42.6 Å². The predicted molar refractivity (Wildman–Crippen MR) is 93.8 cm³/mol. The molecule has 2 rings (SSSR count). The molecule has 0 unspecified atom stereocenters. The third-order valence-electron chi connectivity index (χ3n) is 3.54. The number of thiophene rings is 1. The molecular weight excluding hydrogens is 383 g/mol. The number of hydrogen-bond donors (Lipinski definition) is 2. The maximum absolute atomic E-state index is 12.1. The third kappa shape index (κ3) is 4.24. The van der Waals surface area contributed by atoms with Crippen LogP contribution in [0.4, 0.5) is 5.00 Å². The minimum atomic E-state index is -1.77. The SMILES string of the molecule is CCC(=O)N[C@H](Nc1sc2c(c1C(=O)OC)CCC2)C(Cl)(Cl)Cl. The average Bonchev–Trinajstić information content (AvgIpc) is 3.04. The van der Waals surface area contributed by atoms with E-state index in [9.17, 15) is 9.59 Å². The van der Waals surface area contributed by atoms with Crippen LogP contribution in [0.3, 0.4) is 0 Å². The lowest BCUT2D eigenvalue weighted by Gasteiger charge is -2.27. The predicted octanol–water partition coefficient (Wildman–Crippen LogP) is 3.66. The number of anilines is 1. The normalized spacial score (nSPS) is 15.0. The van der Waals surface area contributed by atoms with E-state index in [0.717, 1.165) is 29.7 Å². The molecule has 2 N–H and O–H groups in total. The van der Waals surface area contributed by atoms with Crippen molar-refractivity contribution in [3.8, 4) is 0 Å². The second kappa shape index (κ2) is 7.47. The zero-order valence-electron chi connectivity index (χ0n) is 12.7. The Morgan fingerprint density at radius 2 is 2.04 bits per heavy atom. The Bertz CT molecular complexity index is 613. The van der Waals surface area contributed by atoms with Gasteiger partial charge in [0.2, 0.25) is 9.70 Å². The molecule has 0 fully saturated rings. The van der Waals surface area contributed by atoms with Crippen LogP contribution in [-0.4, -0.2) is 28.9 Å². The number of carbonyl (C=O) groups is 2. The molecule has 1 aliphatic rings. The fourth-order valence-electron chi connectivity index (χ4n) is 2.42. The van der Waals surface area contributed by atoms with Crippen molar-refractivity contribution in [3.05, 3.63) is 16.0 Å². The molecule has 1 aromatic heterocycles. The van der Waals surface area contributed by atoms with Crippen LogP contribution < -0.4 is 10.6 Å². The number of aryl methyl sites for hydroxylation is 1. The van der Waals surface area contributed by atoms with E-state index in [1.165, 1.54) is 18.4 Å². The van der Waals surface area contributed by atoms with Crippen molar-refractivity contribution >= 4 is 63.0 Å². The van der Waals surface area contributed by atoms with Crippen LogP contribution in [0.2, 0.25) is 0 Å². The number of ether oxygens (including phenoxy) is 1. The minimum Gasteiger partial charge on any atom is -0.465 e. The molecule has 1 heterocycles. The van der Waals surface area contributed by atoms with Crippen LogP contribution in [0.1, 0.15) is 40.6 Å². The minimum absolute atomic E-state index is 0.254. The maximum Gasteiger partial charge on any atom is 0.341 e. The van der Waals surface area contributed by atoms with E-state index >= 15 is 0 Å². The Labute approximate surface area is 153 Å². The topological polar surface area (TPSA) is 67.4 Å². The quantitative estimate of drug-likeness (QED) is 0.450. The second-order valence-corrected chi connectivity index (χ2v) is 8.57. The summed E-state index contributed by atoms with van der Waals surface area (Å²) in [5.41, 5.74) is 1.45. The number of rotatable bonds is 5. The number of fused-ring (bicyclic) bond motifs is 1. The van der Waals surface area contributed by atoms with Crippen molar-refractivity contribution in [2.24, 2.45) is 0 Å². The van der Waals surface area contributed by atoms with Gasteiger partial charge in [0.05, 0.1) is 12.7 Å². The van der Waals surface area contributed by atoms with Crippen LogP contribution in [0, 0.1) is 0 Å². The summed E-state index contributed by atoms with van der Waals surface area (Å²) in [5, 5.41) is 6.15. The van der Waals surface area contributed by atoms with Gasteiger partial charge >= 0.3 is 5.97 Å². The number of amides is 1. The van der Waals surface area contributed by atoms with E-state index < -0.39 is 15.9 Å². The first-order valence-corrected chi connectivity index (χ1v) is 9.08. The molecule has 1 atom stereocenters. The first-order valence-electron chi connectivity index (χ1n) is 7.13. The second-order valence-electron chi connectivity index (χ2n) is 5.09. The Kier molecular flexibility index (Phi) is 6.05. The molecule has 9 heteroatoms. The molecular formula is C14H17Cl3N2O3S. The standard InChI is InChI=1S/C14H17Cl3N2O3S/c1-3-9(20)18-13(14(15,16)17)19-11-10(12(21)22-2)7-5-4-6-8(7)23-11/h13,19H,3-6H2,1-2H3,(H,18,20)/t13-/m1/s1. The summed E-state index contributed by atoms with van der Waals surface area (Å²) in [4.78, 5) is 24.9. The highest BCUT2D eigenvalue weighted by Crippen LogP contribution is 2.41. The highest BCUT2D eigenvalue weighted by molar-refractivity contribution is 7.16. The molecule has 0 saturated carbocycles. The summed E-state index contributed by atoms with van der Waals surface area (Å²) in [6.07, 6.45) is 2.03. The highest BCUT2D eigenvalue weighted by Gasteiger charge is 2.36. The summed E-state index contributed by atoms with van der Waals surface area (Å²) in [6.45, 7) is 1.70. The number of carbonyl (C=O) groups excluding carboxylic acids is 2. The van der Waals surface area contributed by atoms with Crippen molar-refractivity contribution < 1.29 is 14.3 Å². The van der Waals surface area contributed by atoms with Crippen molar-refractivity contribution in [3.63, 3.8) is 0 Å². The van der Waals surface area contributed by atoms with Gasteiger partial charge in [-0.3, -0.25) is 4.79 Å². The maximum atomic E-state index is 12.1. The third-order valence-corrected chi connectivity index (χ3v) is 5.42. The summed E-state index contributed by atoms with van der Waals surface area (Å²) in [7, 11) is 1.33. The Hall–Kier alpha value is -0.690. The fourth-order valence-corrected chi connectivity index (χ4v) is 4.05. The number of nitrogens with one attached hydrogen (secondary N) is 2. The van der Waals surface area contributed by atoms with Gasteiger partial charge in [-0.2, -0.15) is 0 Å². The number of esters is 1. The molecule has 0 aliphatic heterocycles. The highest BCUT2D eigenvalue weighted by atomic mass is 35.6. The van der Waals surface area contributed by atoms with E-state index in [1.807, 2.05) is 0 Å². The Morgan fingerprint density at radius 1 is 1.35 bits per heavy atom. The zero-order chi connectivity index (χ0) is 17.2. The van der Waals surface area contributed by atoms with Crippen LogP contribution in [0.15, 0.2) is 0 Å². The smallest absolute Gasteiger partial charge is 0.341 e. The monoisotopic (exact) mass is 398 g/mol. The molecule has 1 aromatic rings. The van der Waals surface area contributed by atoms with Crippen molar-refractivity contribution in [1.82, 2.24) is 5.32 Å². The lowest BCUT2D eigenvalue weighted by molar-refractivity contribution is -0.121. The number of methoxy groups -OCH3 is 1. The van der Waals surface area contributed by atoms with Gasteiger partial charge in [0, 0.05) is 11.3 Å². The van der Waals surface area contributed by atoms with E-state index in [-0.39, 0.29) is 12.3 Å². The van der Waals surface area contributed by atoms with Gasteiger partial charge in [-0.15, -0.1) is 11.3 Å². The van der Waals surface area contributed by atoms with Crippen molar-refractivity contribution in [2.75, 3.05) is 12.4 Å². The van der Waals surface area contributed by atoms with Gasteiger partial charge in [0.25, 0.3) is 0 Å². The van der Waals surface area contributed by atoms with E-state index in [1.54, 1.807) is 6.92 Å². The van der Waals surface area contributed by atoms with Gasteiger partial charge in [-0.25, -0.2) is 4.79 Å². The van der Waals surface area contributed by atoms with Crippen LogP contribution in [-0.2, 0) is 22.4 Å².